The zero-order chi connectivity index (χ0) is 30.4. The fourth-order valence-corrected chi connectivity index (χ4v) is 11.6. The van der Waals surface area contributed by atoms with Gasteiger partial charge in [-0.2, -0.15) is 0 Å². The molecule has 43 heavy (non-hydrogen) atoms. The minimum absolute atomic E-state index is 0.0721. The number of ether oxygens (including phenoxy) is 1. The summed E-state index contributed by atoms with van der Waals surface area (Å²) in [5.41, 5.74) is 2.06. The average molecular weight is 599 g/mol. The summed E-state index contributed by atoms with van der Waals surface area (Å²) < 4.78 is 27.9. The largest absolute Gasteiger partial charge is 0.442 e. The first kappa shape index (κ1) is 29.3. The maximum absolute atomic E-state index is 15.4. The molecule has 4 atom stereocenters. The fraction of sp³-hybridized carbons (Fsp3) is 0.371. The van der Waals surface area contributed by atoms with Crippen molar-refractivity contribution in [2.45, 2.75) is 45.3 Å². The van der Waals surface area contributed by atoms with Crippen LogP contribution in [-0.4, -0.2) is 46.1 Å². The van der Waals surface area contributed by atoms with E-state index in [9.17, 15) is 9.59 Å². The number of nitrogens with one attached hydrogen (secondary N) is 1. The Hall–Kier alpha value is -3.75. The second-order valence-corrected chi connectivity index (χ2v) is 17.3. The summed E-state index contributed by atoms with van der Waals surface area (Å²) in [6.07, 6.45) is 2.05. The quantitative estimate of drug-likeness (QED) is 0.330. The molecule has 6 rings (SSSR count). The minimum atomic E-state index is -2.59. The Morgan fingerprint density at radius 1 is 1.05 bits per heavy atom. The van der Waals surface area contributed by atoms with Gasteiger partial charge >= 0.3 is 6.09 Å². The molecular formula is C35H39FN2O4Si. The van der Waals surface area contributed by atoms with Crippen LogP contribution in [0.25, 0.3) is 5.57 Å². The first-order valence-corrected chi connectivity index (χ1v) is 17.0. The lowest BCUT2D eigenvalue weighted by atomic mass is 10.00. The first-order valence-electron chi connectivity index (χ1n) is 15.1. The molecule has 1 N–H and O–H groups in total. The number of hydrogen-bond acceptors (Lipinski definition) is 4. The standard InChI is InChI=1S/C35H39FN2O4Si/c1-23(39)37-20-26-21-38(34(40)42-26)25-15-16-29(33(36)19-25)24-17-30-31(18-24)32(30)22-41-43(35(2,3)4,27-11-7-5-8-12-27)28-13-9-6-10-14-28/h5-17,19,26,30-32H,18,20-22H2,1-4H3,(H,37,39)/t26-,30-,31+,32+/m0/s1. The summed E-state index contributed by atoms with van der Waals surface area (Å²) in [5.74, 6) is 0.728. The minimum Gasteiger partial charge on any atom is -0.442 e. The van der Waals surface area contributed by atoms with Crippen LogP contribution in [0.2, 0.25) is 5.04 Å². The maximum atomic E-state index is 15.4. The van der Waals surface area contributed by atoms with Crippen molar-refractivity contribution in [1.82, 2.24) is 5.32 Å². The van der Waals surface area contributed by atoms with Gasteiger partial charge in [-0.1, -0.05) is 87.5 Å². The van der Waals surface area contributed by atoms with Crippen molar-refractivity contribution in [2.75, 3.05) is 24.6 Å². The summed E-state index contributed by atoms with van der Waals surface area (Å²) >= 11 is 0. The lowest BCUT2D eigenvalue weighted by molar-refractivity contribution is -0.119. The van der Waals surface area contributed by atoms with Crippen LogP contribution < -0.4 is 20.6 Å². The highest BCUT2D eigenvalue weighted by Crippen LogP contribution is 2.58. The number of halogens is 1. The number of hydrogen-bond donors (Lipinski definition) is 1. The van der Waals surface area contributed by atoms with Crippen molar-refractivity contribution in [3.8, 4) is 0 Å². The highest BCUT2D eigenvalue weighted by atomic mass is 28.4. The lowest BCUT2D eigenvalue weighted by Gasteiger charge is -2.43. The van der Waals surface area contributed by atoms with Gasteiger partial charge in [-0.15, -0.1) is 0 Å². The molecule has 0 radical (unpaired) electrons. The van der Waals surface area contributed by atoms with Gasteiger partial charge in [0.2, 0.25) is 5.91 Å². The van der Waals surface area contributed by atoms with Gasteiger partial charge in [-0.3, -0.25) is 9.69 Å². The Balaban J connectivity index is 1.16. The van der Waals surface area contributed by atoms with Crippen LogP contribution in [0.3, 0.4) is 0 Å². The van der Waals surface area contributed by atoms with Gasteiger partial charge < -0.3 is 14.5 Å². The van der Waals surface area contributed by atoms with Crippen molar-refractivity contribution >= 4 is 42.0 Å². The molecular weight excluding hydrogens is 559 g/mol. The van der Waals surface area contributed by atoms with Gasteiger partial charge in [0.1, 0.15) is 11.9 Å². The fourth-order valence-electron chi connectivity index (χ4n) is 7.01. The highest BCUT2D eigenvalue weighted by molar-refractivity contribution is 6.99. The molecule has 1 aliphatic heterocycles. The van der Waals surface area contributed by atoms with Gasteiger partial charge in [0.15, 0.2) is 0 Å². The Bertz CT molecular complexity index is 1500. The second-order valence-electron chi connectivity index (χ2n) is 13.0. The van der Waals surface area contributed by atoms with Crippen LogP contribution in [0, 0.1) is 23.6 Å². The third-order valence-corrected chi connectivity index (χ3v) is 14.2. The summed E-state index contributed by atoms with van der Waals surface area (Å²) in [6.45, 7) is 9.47. The predicted molar refractivity (Wildman–Crippen MR) is 169 cm³/mol. The molecule has 3 aromatic carbocycles. The first-order chi connectivity index (χ1) is 20.6. The van der Waals surface area contributed by atoms with Gasteiger partial charge in [0.25, 0.3) is 8.32 Å². The van der Waals surface area contributed by atoms with Crippen LogP contribution in [0.5, 0.6) is 0 Å². The monoisotopic (exact) mass is 598 g/mol. The molecule has 2 aliphatic carbocycles. The average Bonchev–Trinajstić information content (AvgIpc) is 3.27. The molecule has 8 heteroatoms. The normalized spacial score (nSPS) is 23.0. The molecule has 0 bridgehead atoms. The molecule has 1 saturated heterocycles. The molecule has 0 spiro atoms. The lowest BCUT2D eigenvalue weighted by Crippen LogP contribution is -2.66. The Kier molecular flexibility index (Phi) is 7.77. The molecule has 6 nitrogen and oxygen atoms in total. The number of anilines is 1. The SMILES string of the molecule is CC(=O)NC[C@H]1CN(c2ccc(C3=C[C@@H]4[C@@H](CO[Si](c5ccccc5)(c5ccccc5)C(C)(C)C)[C@@H]4C3)c(F)c2)C(=O)O1. The Labute approximate surface area is 254 Å². The van der Waals surface area contributed by atoms with E-state index in [1.165, 1.54) is 28.3 Å². The van der Waals surface area contributed by atoms with Gasteiger partial charge in [-0.25, -0.2) is 9.18 Å². The second kappa shape index (κ2) is 11.4. The predicted octanol–water partition coefficient (Wildman–Crippen LogP) is 5.51. The van der Waals surface area contributed by atoms with E-state index in [1.54, 1.807) is 12.1 Å². The van der Waals surface area contributed by atoms with E-state index in [4.69, 9.17) is 9.16 Å². The van der Waals surface area contributed by atoms with E-state index >= 15 is 4.39 Å². The highest BCUT2D eigenvalue weighted by Gasteiger charge is 2.56. The molecule has 1 saturated carbocycles. The molecule has 1 heterocycles. The van der Waals surface area contributed by atoms with Crippen molar-refractivity contribution < 1.29 is 23.1 Å². The number of nitrogens with zero attached hydrogens (tertiary/aromatic N) is 1. The van der Waals surface area contributed by atoms with Gasteiger partial charge in [0.05, 0.1) is 18.8 Å². The number of carbonyl (C=O) groups excluding carboxylic acids is 2. The van der Waals surface area contributed by atoms with E-state index in [1.807, 2.05) is 0 Å². The Morgan fingerprint density at radius 3 is 2.23 bits per heavy atom. The van der Waals surface area contributed by atoms with E-state index < -0.39 is 20.5 Å². The molecule has 2 fully saturated rings. The molecule has 0 aromatic heterocycles. The van der Waals surface area contributed by atoms with Crippen molar-refractivity contribution in [2.24, 2.45) is 17.8 Å². The third kappa shape index (κ3) is 5.54. The van der Waals surface area contributed by atoms with Crippen molar-refractivity contribution in [3.63, 3.8) is 0 Å². The number of amides is 2. The van der Waals surface area contributed by atoms with E-state index in [2.05, 4.69) is 92.8 Å². The number of benzene rings is 3. The van der Waals surface area contributed by atoms with Gasteiger partial charge in [0, 0.05) is 19.1 Å². The van der Waals surface area contributed by atoms with E-state index in [0.717, 1.165) is 12.0 Å². The van der Waals surface area contributed by atoms with Crippen LogP contribution in [0.15, 0.2) is 84.9 Å². The molecule has 224 valence electrons. The number of fused-ring (bicyclic) bond motifs is 1. The summed E-state index contributed by atoms with van der Waals surface area (Å²) in [6, 6.07) is 26.3. The third-order valence-electron chi connectivity index (χ3n) is 9.22. The van der Waals surface area contributed by atoms with Crippen molar-refractivity contribution in [1.29, 1.82) is 0 Å². The van der Waals surface area contributed by atoms with Crippen LogP contribution in [-0.2, 0) is 14.0 Å². The van der Waals surface area contributed by atoms with E-state index in [-0.39, 0.29) is 29.9 Å². The summed E-state index contributed by atoms with van der Waals surface area (Å²) in [7, 11) is -2.59. The van der Waals surface area contributed by atoms with Crippen LogP contribution in [0.4, 0.5) is 14.9 Å². The molecule has 3 aromatic rings. The molecule has 3 aliphatic rings. The van der Waals surface area contributed by atoms with Crippen molar-refractivity contribution in [3.05, 3.63) is 96.3 Å². The number of rotatable bonds is 9. The topological polar surface area (TPSA) is 67.9 Å². The summed E-state index contributed by atoms with van der Waals surface area (Å²) in [5, 5.41) is 5.14. The van der Waals surface area contributed by atoms with Crippen LogP contribution >= 0.6 is 0 Å². The number of allylic oxidation sites excluding steroid dienone is 2. The maximum Gasteiger partial charge on any atom is 0.414 e. The van der Waals surface area contributed by atoms with Crippen LogP contribution in [0.1, 0.15) is 39.7 Å². The molecule has 2 amide bonds. The smallest absolute Gasteiger partial charge is 0.414 e. The zero-order valence-electron chi connectivity index (χ0n) is 25.2. The Morgan fingerprint density at radius 2 is 1.70 bits per heavy atom. The number of carbonyl (C=O) groups is 2. The molecule has 0 unspecified atom stereocenters. The summed E-state index contributed by atoms with van der Waals surface area (Å²) in [4.78, 5) is 25.0. The van der Waals surface area contributed by atoms with E-state index in [0.29, 0.717) is 35.6 Å². The van der Waals surface area contributed by atoms with Gasteiger partial charge in [-0.05, 0) is 63.4 Å². The zero-order valence-corrected chi connectivity index (χ0v) is 26.2. The number of cyclic esters (lactones) is 1.